The average Bonchev–Trinajstić information content (AvgIpc) is 2.47. The summed E-state index contributed by atoms with van der Waals surface area (Å²) >= 11 is 0. The minimum Gasteiger partial charge on any atom is -0.399 e. The summed E-state index contributed by atoms with van der Waals surface area (Å²) in [6.45, 7) is 0.478. The van der Waals surface area contributed by atoms with Gasteiger partial charge in [-0.2, -0.15) is 0 Å². The molecule has 0 aliphatic heterocycles. The summed E-state index contributed by atoms with van der Waals surface area (Å²) in [7, 11) is 1.55. The molecule has 1 aliphatic carbocycles. The van der Waals surface area contributed by atoms with Crippen molar-refractivity contribution in [1.82, 2.24) is 5.06 Å². The van der Waals surface area contributed by atoms with Crippen LogP contribution < -0.4 is 5.73 Å². The molecule has 1 fully saturated rings. The van der Waals surface area contributed by atoms with E-state index < -0.39 is 0 Å². The van der Waals surface area contributed by atoms with Crippen LogP contribution in [0.5, 0.6) is 0 Å². The number of carbonyl (C=O) groups excluding carboxylic acids is 1. The van der Waals surface area contributed by atoms with Crippen molar-refractivity contribution in [3.63, 3.8) is 0 Å². The Bertz CT molecular complexity index is 411. The summed E-state index contributed by atoms with van der Waals surface area (Å²) in [6.07, 6.45) is 5.52. The molecule has 4 heteroatoms. The second kappa shape index (κ2) is 6.57. The van der Waals surface area contributed by atoms with E-state index in [4.69, 9.17) is 10.6 Å². The van der Waals surface area contributed by atoms with E-state index in [1.54, 1.807) is 7.11 Å². The molecule has 0 radical (unpaired) electrons. The van der Waals surface area contributed by atoms with Crippen molar-refractivity contribution >= 4 is 11.6 Å². The number of carbonyl (C=O) groups is 1. The van der Waals surface area contributed by atoms with Crippen molar-refractivity contribution in [2.24, 2.45) is 5.92 Å². The molecule has 2 N–H and O–H groups in total. The minimum absolute atomic E-state index is 0.110. The van der Waals surface area contributed by atoms with Crippen LogP contribution in [0.3, 0.4) is 0 Å². The van der Waals surface area contributed by atoms with E-state index in [2.05, 4.69) is 0 Å². The molecule has 1 aromatic carbocycles. The molecule has 1 saturated carbocycles. The van der Waals surface area contributed by atoms with E-state index >= 15 is 0 Å². The molecule has 19 heavy (non-hydrogen) atoms. The van der Waals surface area contributed by atoms with Gasteiger partial charge >= 0.3 is 0 Å². The van der Waals surface area contributed by atoms with Gasteiger partial charge in [0.05, 0.1) is 13.7 Å². The largest absolute Gasteiger partial charge is 0.399 e. The smallest absolute Gasteiger partial charge is 0.249 e. The maximum absolute atomic E-state index is 12.4. The van der Waals surface area contributed by atoms with Gasteiger partial charge in [0, 0.05) is 11.6 Å². The lowest BCUT2D eigenvalue weighted by Gasteiger charge is -2.27. The third-order valence-corrected chi connectivity index (χ3v) is 3.73. The highest BCUT2D eigenvalue weighted by Crippen LogP contribution is 2.26. The van der Waals surface area contributed by atoms with Gasteiger partial charge in [-0.05, 0) is 30.5 Å². The fourth-order valence-corrected chi connectivity index (χ4v) is 2.57. The molecule has 0 bridgehead atoms. The monoisotopic (exact) mass is 262 g/mol. The Hall–Kier alpha value is -1.55. The zero-order valence-electron chi connectivity index (χ0n) is 11.5. The molecule has 1 aromatic rings. The molecular formula is C15H22N2O2. The number of hydrogen-bond acceptors (Lipinski definition) is 3. The number of nitrogens with two attached hydrogens (primary N) is 1. The van der Waals surface area contributed by atoms with E-state index in [1.165, 1.54) is 11.5 Å². The average molecular weight is 262 g/mol. The Morgan fingerprint density at radius 3 is 2.47 bits per heavy atom. The van der Waals surface area contributed by atoms with Gasteiger partial charge in [-0.3, -0.25) is 9.63 Å². The van der Waals surface area contributed by atoms with Crippen LogP contribution in [0.15, 0.2) is 24.3 Å². The van der Waals surface area contributed by atoms with E-state index in [1.807, 2.05) is 24.3 Å². The first-order valence-corrected chi connectivity index (χ1v) is 6.90. The molecule has 0 heterocycles. The lowest BCUT2D eigenvalue weighted by atomic mass is 9.88. The van der Waals surface area contributed by atoms with Crippen LogP contribution in [0.4, 0.5) is 5.69 Å². The van der Waals surface area contributed by atoms with E-state index in [0.29, 0.717) is 6.54 Å². The molecule has 0 saturated heterocycles. The van der Waals surface area contributed by atoms with Gasteiger partial charge in [0.1, 0.15) is 0 Å². The van der Waals surface area contributed by atoms with Crippen LogP contribution in [0, 0.1) is 5.92 Å². The van der Waals surface area contributed by atoms with Gasteiger partial charge in [-0.1, -0.05) is 31.4 Å². The Morgan fingerprint density at radius 2 is 1.89 bits per heavy atom. The first-order chi connectivity index (χ1) is 9.20. The number of nitrogens with zero attached hydrogens (tertiary/aromatic N) is 1. The first-order valence-electron chi connectivity index (χ1n) is 6.90. The molecule has 0 spiro atoms. The van der Waals surface area contributed by atoms with E-state index in [0.717, 1.165) is 36.9 Å². The number of hydrogen-bond donors (Lipinski definition) is 1. The Kier molecular flexibility index (Phi) is 4.80. The van der Waals surface area contributed by atoms with Crippen molar-refractivity contribution in [2.45, 2.75) is 38.6 Å². The highest BCUT2D eigenvalue weighted by Gasteiger charge is 2.26. The van der Waals surface area contributed by atoms with Crippen LogP contribution in [0.1, 0.15) is 37.7 Å². The molecule has 0 atom stereocenters. The van der Waals surface area contributed by atoms with Crippen LogP contribution in [-0.2, 0) is 16.2 Å². The summed E-state index contributed by atoms with van der Waals surface area (Å²) < 4.78 is 0. The lowest BCUT2D eigenvalue weighted by molar-refractivity contribution is -0.185. The number of nitrogen functional groups attached to an aromatic ring is 1. The number of rotatable bonds is 4. The van der Waals surface area contributed by atoms with Crippen molar-refractivity contribution in [3.05, 3.63) is 29.8 Å². The topological polar surface area (TPSA) is 55.6 Å². The highest BCUT2D eigenvalue weighted by molar-refractivity contribution is 5.77. The standard InChI is InChI=1S/C15H22N2O2/c1-19-17(11-12-7-9-14(16)10-8-12)15(18)13-5-3-2-4-6-13/h7-10,13H,2-6,11,16H2,1H3. The Morgan fingerprint density at radius 1 is 1.26 bits per heavy atom. The van der Waals surface area contributed by atoms with E-state index in [-0.39, 0.29) is 11.8 Å². The van der Waals surface area contributed by atoms with Gasteiger partial charge in [-0.25, -0.2) is 5.06 Å². The summed E-state index contributed by atoms with van der Waals surface area (Å²) in [5.41, 5.74) is 7.41. The van der Waals surface area contributed by atoms with Gasteiger partial charge in [-0.15, -0.1) is 0 Å². The third kappa shape index (κ3) is 3.70. The van der Waals surface area contributed by atoms with Crippen LogP contribution >= 0.6 is 0 Å². The van der Waals surface area contributed by atoms with Gasteiger partial charge in [0.25, 0.3) is 0 Å². The maximum atomic E-state index is 12.4. The highest BCUT2D eigenvalue weighted by atomic mass is 16.7. The van der Waals surface area contributed by atoms with Crippen LogP contribution in [0.25, 0.3) is 0 Å². The van der Waals surface area contributed by atoms with Gasteiger partial charge in [0.15, 0.2) is 0 Å². The van der Waals surface area contributed by atoms with Crippen molar-refractivity contribution in [3.8, 4) is 0 Å². The maximum Gasteiger partial charge on any atom is 0.249 e. The molecule has 4 nitrogen and oxygen atoms in total. The molecule has 1 amide bonds. The third-order valence-electron chi connectivity index (χ3n) is 3.73. The predicted molar refractivity (Wildman–Crippen MR) is 75.0 cm³/mol. The van der Waals surface area contributed by atoms with Gasteiger partial charge < -0.3 is 5.73 Å². The second-order valence-electron chi connectivity index (χ2n) is 5.13. The number of benzene rings is 1. The van der Waals surface area contributed by atoms with Gasteiger partial charge in [0.2, 0.25) is 5.91 Å². The number of amides is 1. The van der Waals surface area contributed by atoms with Crippen LogP contribution in [0.2, 0.25) is 0 Å². The SMILES string of the molecule is CON(Cc1ccc(N)cc1)C(=O)C1CCCCC1. The van der Waals surface area contributed by atoms with Crippen molar-refractivity contribution < 1.29 is 9.63 Å². The molecule has 104 valence electrons. The number of hydroxylamine groups is 2. The molecular weight excluding hydrogens is 240 g/mol. The summed E-state index contributed by atoms with van der Waals surface area (Å²) in [4.78, 5) is 17.6. The molecule has 1 aliphatic rings. The molecule has 2 rings (SSSR count). The summed E-state index contributed by atoms with van der Waals surface area (Å²) in [6, 6.07) is 7.54. The summed E-state index contributed by atoms with van der Waals surface area (Å²) in [5, 5.41) is 1.47. The lowest BCUT2D eigenvalue weighted by Crippen LogP contribution is -2.35. The summed E-state index contributed by atoms with van der Waals surface area (Å²) in [5.74, 6) is 0.238. The quantitative estimate of drug-likeness (QED) is 0.670. The fourth-order valence-electron chi connectivity index (χ4n) is 2.57. The molecule has 0 aromatic heterocycles. The van der Waals surface area contributed by atoms with Crippen molar-refractivity contribution in [2.75, 3.05) is 12.8 Å². The second-order valence-corrected chi connectivity index (χ2v) is 5.13. The zero-order valence-corrected chi connectivity index (χ0v) is 11.5. The molecule has 0 unspecified atom stereocenters. The minimum atomic E-state index is 0.110. The zero-order chi connectivity index (χ0) is 13.7. The fraction of sp³-hybridized carbons (Fsp3) is 0.533. The Labute approximate surface area is 114 Å². The first kappa shape index (κ1) is 13.9. The number of anilines is 1. The normalized spacial score (nSPS) is 16.3. The Balaban J connectivity index is 1.98. The van der Waals surface area contributed by atoms with Crippen molar-refractivity contribution in [1.29, 1.82) is 0 Å². The van der Waals surface area contributed by atoms with E-state index in [9.17, 15) is 4.79 Å². The van der Waals surface area contributed by atoms with Crippen LogP contribution in [-0.4, -0.2) is 18.1 Å². The predicted octanol–water partition coefficient (Wildman–Crippen LogP) is 2.74.